The van der Waals surface area contributed by atoms with Crippen molar-refractivity contribution >= 4 is 11.6 Å². The molecule has 0 aromatic carbocycles. The molecule has 0 bridgehead atoms. The van der Waals surface area contributed by atoms with Crippen molar-refractivity contribution in [2.45, 2.75) is 44.3 Å². The van der Waals surface area contributed by atoms with Crippen molar-refractivity contribution in [1.29, 1.82) is 0 Å². The molecule has 0 radical (unpaired) electrons. The molecular weight excluding hydrogens is 324 g/mol. The highest BCUT2D eigenvalue weighted by Crippen LogP contribution is 2.44. The Hall–Kier alpha value is -2.14. The minimum atomic E-state index is -2.83. The maximum absolute atomic E-state index is 12.4. The van der Waals surface area contributed by atoms with Gasteiger partial charge in [0.1, 0.15) is 12.2 Å². The lowest BCUT2D eigenvalue weighted by Crippen LogP contribution is -2.67. The summed E-state index contributed by atoms with van der Waals surface area (Å²) >= 11 is 0. The standard InChI is InChI=1S/C14H18N2O8/c1-6-4-16(12(22)15-11(6)21)14(8(3)19)13(23,7(2)18)10(20)9(5-17)24-14/h4,9-10,17,20,23H,5H2,1-3H3,(H,15,21,22)/t9-,10-,13-,14-/m1/s1. The van der Waals surface area contributed by atoms with Crippen LogP contribution in [0.2, 0.25) is 0 Å². The summed E-state index contributed by atoms with van der Waals surface area (Å²) in [5, 5.41) is 30.4. The fraction of sp³-hybridized carbons (Fsp3) is 0.571. The first-order chi connectivity index (χ1) is 11.0. The number of aromatic nitrogens is 2. The average Bonchev–Trinajstić information content (AvgIpc) is 2.74. The molecule has 0 aliphatic carbocycles. The van der Waals surface area contributed by atoms with Crippen LogP contribution in [-0.2, 0) is 20.1 Å². The van der Waals surface area contributed by atoms with E-state index >= 15 is 0 Å². The maximum atomic E-state index is 12.4. The number of carbonyl (C=O) groups is 2. The first-order valence-electron chi connectivity index (χ1n) is 7.08. The smallest absolute Gasteiger partial charge is 0.331 e. The molecule has 1 aromatic rings. The van der Waals surface area contributed by atoms with Crippen LogP contribution < -0.4 is 11.2 Å². The number of Topliss-reactive ketones (excluding diaryl/α,β-unsaturated/α-hetero) is 2. The second-order valence-corrected chi connectivity index (χ2v) is 5.75. The fourth-order valence-corrected chi connectivity index (χ4v) is 2.99. The molecule has 1 aliphatic heterocycles. The van der Waals surface area contributed by atoms with Crippen LogP contribution in [0.1, 0.15) is 19.4 Å². The van der Waals surface area contributed by atoms with E-state index in [1.807, 2.05) is 4.98 Å². The molecule has 0 spiro atoms. The molecular formula is C14H18N2O8. The van der Waals surface area contributed by atoms with Crippen molar-refractivity contribution in [3.8, 4) is 0 Å². The highest BCUT2D eigenvalue weighted by molar-refractivity contribution is 5.97. The molecule has 10 heteroatoms. The number of rotatable bonds is 4. The highest BCUT2D eigenvalue weighted by atomic mass is 16.6. The Morgan fingerprint density at radius 2 is 1.92 bits per heavy atom. The molecule has 1 saturated heterocycles. The Morgan fingerprint density at radius 1 is 1.33 bits per heavy atom. The van der Waals surface area contributed by atoms with E-state index in [2.05, 4.69) is 0 Å². The molecule has 4 atom stereocenters. The topological polar surface area (TPSA) is 159 Å². The van der Waals surface area contributed by atoms with Crippen molar-refractivity contribution < 1.29 is 29.6 Å². The van der Waals surface area contributed by atoms with Gasteiger partial charge in [0.2, 0.25) is 11.3 Å². The van der Waals surface area contributed by atoms with E-state index in [0.717, 1.165) is 20.0 Å². The molecule has 132 valence electrons. The van der Waals surface area contributed by atoms with E-state index in [1.165, 1.54) is 6.92 Å². The average molecular weight is 342 g/mol. The molecule has 4 N–H and O–H groups in total. The fourth-order valence-electron chi connectivity index (χ4n) is 2.99. The zero-order valence-electron chi connectivity index (χ0n) is 13.3. The molecule has 24 heavy (non-hydrogen) atoms. The van der Waals surface area contributed by atoms with Gasteiger partial charge in [-0.15, -0.1) is 0 Å². The maximum Gasteiger partial charge on any atom is 0.331 e. The molecule has 1 fully saturated rings. The predicted octanol–water partition coefficient (Wildman–Crippen LogP) is -2.84. The van der Waals surface area contributed by atoms with E-state index < -0.39 is 53.0 Å². The Labute approximate surface area is 135 Å². The number of aryl methyl sites for hydroxylation is 1. The van der Waals surface area contributed by atoms with Crippen LogP contribution in [0.25, 0.3) is 0 Å². The van der Waals surface area contributed by atoms with E-state index in [4.69, 9.17) is 4.74 Å². The quantitative estimate of drug-likeness (QED) is 0.455. The van der Waals surface area contributed by atoms with Crippen molar-refractivity contribution in [2.24, 2.45) is 0 Å². The summed E-state index contributed by atoms with van der Waals surface area (Å²) in [6.07, 6.45) is -2.52. The SMILES string of the molecule is CC(=O)[C@@]1(O)[C@H](O)[C@@H](CO)O[C@@]1(C(C)=O)n1cc(C)c(=O)[nH]c1=O. The number of hydrogen-bond acceptors (Lipinski definition) is 8. The van der Waals surface area contributed by atoms with Gasteiger partial charge in [0.25, 0.3) is 5.56 Å². The molecule has 0 unspecified atom stereocenters. The first kappa shape index (κ1) is 18.2. The molecule has 1 aromatic heterocycles. The normalized spacial score (nSPS) is 32.8. The summed E-state index contributed by atoms with van der Waals surface area (Å²) < 4.78 is 5.89. The second-order valence-electron chi connectivity index (χ2n) is 5.75. The molecule has 10 nitrogen and oxygen atoms in total. The third-order valence-electron chi connectivity index (χ3n) is 4.27. The summed E-state index contributed by atoms with van der Waals surface area (Å²) in [7, 11) is 0. The lowest BCUT2D eigenvalue weighted by molar-refractivity contribution is -0.201. The number of nitrogens with zero attached hydrogens (tertiary/aromatic N) is 1. The van der Waals surface area contributed by atoms with Gasteiger partial charge < -0.3 is 20.1 Å². The minimum absolute atomic E-state index is 0.00617. The van der Waals surface area contributed by atoms with E-state index in [9.17, 15) is 34.5 Å². The predicted molar refractivity (Wildman–Crippen MR) is 78.3 cm³/mol. The van der Waals surface area contributed by atoms with Crippen LogP contribution in [-0.4, -0.2) is 60.9 Å². The highest BCUT2D eigenvalue weighted by Gasteiger charge is 2.72. The zero-order chi connectivity index (χ0) is 18.4. The summed E-state index contributed by atoms with van der Waals surface area (Å²) in [6.45, 7) is 2.38. The van der Waals surface area contributed by atoms with Gasteiger partial charge in [-0.2, -0.15) is 0 Å². The third kappa shape index (κ3) is 2.11. The van der Waals surface area contributed by atoms with Crippen LogP contribution in [0.3, 0.4) is 0 Å². The number of aromatic amines is 1. The van der Waals surface area contributed by atoms with E-state index in [1.54, 1.807) is 0 Å². The largest absolute Gasteiger partial charge is 0.394 e. The minimum Gasteiger partial charge on any atom is -0.394 e. The summed E-state index contributed by atoms with van der Waals surface area (Å²) in [5.74, 6) is -2.01. The Kier molecular flexibility index (Phi) is 4.35. The molecule has 1 aliphatic rings. The number of ether oxygens (including phenoxy) is 1. The molecule has 0 amide bonds. The van der Waals surface area contributed by atoms with Crippen LogP contribution in [0.4, 0.5) is 0 Å². The van der Waals surface area contributed by atoms with Crippen molar-refractivity contribution in [3.63, 3.8) is 0 Å². The molecule has 2 rings (SSSR count). The van der Waals surface area contributed by atoms with Crippen LogP contribution in [0.5, 0.6) is 0 Å². The van der Waals surface area contributed by atoms with Gasteiger partial charge in [-0.05, 0) is 20.8 Å². The third-order valence-corrected chi connectivity index (χ3v) is 4.27. The molecule has 2 heterocycles. The number of H-pyrrole nitrogens is 1. The van der Waals surface area contributed by atoms with Gasteiger partial charge in [0.05, 0.1) is 6.61 Å². The van der Waals surface area contributed by atoms with Gasteiger partial charge in [0, 0.05) is 11.8 Å². The van der Waals surface area contributed by atoms with Crippen molar-refractivity contribution in [2.75, 3.05) is 6.61 Å². The van der Waals surface area contributed by atoms with Crippen LogP contribution >= 0.6 is 0 Å². The number of hydrogen-bond donors (Lipinski definition) is 4. The van der Waals surface area contributed by atoms with E-state index in [-0.39, 0.29) is 5.56 Å². The Balaban J connectivity index is 2.92. The summed E-state index contributed by atoms with van der Waals surface area (Å²) in [4.78, 5) is 50.1. The lowest BCUT2D eigenvalue weighted by Gasteiger charge is -2.38. The zero-order valence-corrected chi connectivity index (χ0v) is 13.3. The van der Waals surface area contributed by atoms with Crippen LogP contribution in [0.15, 0.2) is 15.8 Å². The van der Waals surface area contributed by atoms with Gasteiger partial charge in [-0.25, -0.2) is 4.79 Å². The summed E-state index contributed by atoms with van der Waals surface area (Å²) in [5.41, 5.74) is -7.30. The lowest BCUT2D eigenvalue weighted by atomic mass is 9.80. The summed E-state index contributed by atoms with van der Waals surface area (Å²) in [6, 6.07) is 0. The number of carbonyl (C=O) groups excluding carboxylic acids is 2. The van der Waals surface area contributed by atoms with Crippen molar-refractivity contribution in [1.82, 2.24) is 9.55 Å². The second kappa shape index (κ2) is 5.74. The van der Waals surface area contributed by atoms with Gasteiger partial charge >= 0.3 is 5.69 Å². The first-order valence-corrected chi connectivity index (χ1v) is 7.08. The molecule has 0 saturated carbocycles. The van der Waals surface area contributed by atoms with E-state index in [0.29, 0.717) is 4.57 Å². The number of aliphatic hydroxyl groups excluding tert-OH is 2. The Bertz CT molecular complexity index is 812. The van der Waals surface area contributed by atoms with Crippen LogP contribution in [0, 0.1) is 6.92 Å². The number of nitrogens with one attached hydrogen (secondary N) is 1. The number of aliphatic hydroxyl groups is 3. The van der Waals surface area contributed by atoms with Crippen molar-refractivity contribution in [3.05, 3.63) is 32.6 Å². The van der Waals surface area contributed by atoms with Gasteiger partial charge in [-0.3, -0.25) is 23.9 Å². The van der Waals surface area contributed by atoms with Gasteiger partial charge in [-0.1, -0.05) is 0 Å². The Morgan fingerprint density at radius 3 is 2.38 bits per heavy atom. The monoisotopic (exact) mass is 342 g/mol. The van der Waals surface area contributed by atoms with Gasteiger partial charge in [0.15, 0.2) is 11.6 Å². The number of ketones is 2.